The van der Waals surface area contributed by atoms with E-state index in [1.165, 1.54) is 6.26 Å². The van der Waals surface area contributed by atoms with Crippen LogP contribution in [-0.2, 0) is 4.79 Å². The van der Waals surface area contributed by atoms with Gasteiger partial charge in [0.2, 0.25) is 5.91 Å². The van der Waals surface area contributed by atoms with E-state index in [9.17, 15) is 9.59 Å². The van der Waals surface area contributed by atoms with E-state index in [1.807, 2.05) is 34.1 Å². The van der Waals surface area contributed by atoms with E-state index in [2.05, 4.69) is 4.98 Å². The summed E-state index contributed by atoms with van der Waals surface area (Å²) in [4.78, 5) is 35.7. The predicted molar refractivity (Wildman–Crippen MR) is 106 cm³/mol. The Bertz CT molecular complexity index is 987. The Morgan fingerprint density at radius 2 is 1.76 bits per heavy atom. The van der Waals surface area contributed by atoms with Crippen molar-refractivity contribution in [3.05, 3.63) is 48.4 Å². The maximum atomic E-state index is 13.2. The highest BCUT2D eigenvalue weighted by molar-refractivity contribution is 5.92. The molecule has 0 bridgehead atoms. The van der Waals surface area contributed by atoms with Crippen molar-refractivity contribution in [2.75, 3.05) is 37.6 Å². The lowest BCUT2D eigenvalue weighted by Crippen LogP contribution is -2.54. The van der Waals surface area contributed by atoms with Crippen LogP contribution in [0.2, 0.25) is 0 Å². The van der Waals surface area contributed by atoms with Crippen molar-refractivity contribution in [3.63, 3.8) is 0 Å². The number of amides is 2. The third kappa shape index (κ3) is 3.24. The van der Waals surface area contributed by atoms with Crippen molar-refractivity contribution in [2.45, 2.75) is 18.9 Å². The lowest BCUT2D eigenvalue weighted by Gasteiger charge is -2.36. The molecule has 0 saturated carbocycles. The molecule has 150 valence electrons. The number of hydrogen-bond acceptors (Lipinski definition) is 6. The second-order valence-corrected chi connectivity index (χ2v) is 7.41. The fourth-order valence-corrected chi connectivity index (χ4v) is 4.13. The van der Waals surface area contributed by atoms with E-state index in [4.69, 9.17) is 8.83 Å². The van der Waals surface area contributed by atoms with Gasteiger partial charge in [0.05, 0.1) is 6.26 Å². The fourth-order valence-electron chi connectivity index (χ4n) is 4.13. The fraction of sp³-hybridized carbons (Fsp3) is 0.381. The molecule has 2 aliphatic rings. The van der Waals surface area contributed by atoms with Gasteiger partial charge in [0.1, 0.15) is 11.6 Å². The van der Waals surface area contributed by atoms with Gasteiger partial charge in [0.15, 0.2) is 11.3 Å². The normalized spacial score (nSPS) is 19.9. The number of anilines is 1. The highest BCUT2D eigenvalue weighted by atomic mass is 16.4. The summed E-state index contributed by atoms with van der Waals surface area (Å²) >= 11 is 0. The predicted octanol–water partition coefficient (Wildman–Crippen LogP) is 2.37. The van der Waals surface area contributed by atoms with Gasteiger partial charge in [-0.1, -0.05) is 12.1 Å². The van der Waals surface area contributed by atoms with Gasteiger partial charge in [-0.05, 0) is 37.1 Å². The standard InChI is InChI=1S/C21H22N4O4/c26-19(23-10-12-24(13-11-23)20(27)18-8-4-14-28-18)16-6-3-9-25(16)21-22-15-5-1-2-7-17(15)29-21/h1-2,4-5,7-8,14,16H,3,6,9-13H2/t16-/m1/s1. The van der Waals surface area contributed by atoms with Crippen LogP contribution in [0.3, 0.4) is 0 Å². The van der Waals surface area contributed by atoms with E-state index in [1.54, 1.807) is 17.0 Å². The van der Waals surface area contributed by atoms with Crippen molar-refractivity contribution in [3.8, 4) is 0 Å². The number of piperazine rings is 1. The molecule has 2 amide bonds. The van der Waals surface area contributed by atoms with E-state index < -0.39 is 0 Å². The van der Waals surface area contributed by atoms with Gasteiger partial charge in [0, 0.05) is 32.7 Å². The van der Waals surface area contributed by atoms with Crippen LogP contribution in [0, 0.1) is 0 Å². The zero-order valence-corrected chi connectivity index (χ0v) is 16.0. The maximum absolute atomic E-state index is 13.2. The summed E-state index contributed by atoms with van der Waals surface area (Å²) < 4.78 is 11.1. The van der Waals surface area contributed by atoms with E-state index >= 15 is 0 Å². The molecule has 5 rings (SSSR count). The van der Waals surface area contributed by atoms with Crippen LogP contribution in [0.4, 0.5) is 6.01 Å². The van der Waals surface area contributed by atoms with Crippen molar-refractivity contribution >= 4 is 28.9 Å². The summed E-state index contributed by atoms with van der Waals surface area (Å²) in [6.45, 7) is 2.79. The first-order valence-electron chi connectivity index (χ1n) is 9.94. The molecule has 2 aliphatic heterocycles. The van der Waals surface area contributed by atoms with Crippen LogP contribution >= 0.6 is 0 Å². The zero-order chi connectivity index (χ0) is 19.8. The van der Waals surface area contributed by atoms with E-state index in [0.29, 0.717) is 38.0 Å². The van der Waals surface area contributed by atoms with Crippen molar-refractivity contribution in [1.29, 1.82) is 0 Å². The average molecular weight is 394 g/mol. The van der Waals surface area contributed by atoms with Gasteiger partial charge in [-0.25, -0.2) is 0 Å². The number of oxazole rings is 1. The van der Waals surface area contributed by atoms with Gasteiger partial charge in [0.25, 0.3) is 11.9 Å². The van der Waals surface area contributed by atoms with Gasteiger partial charge < -0.3 is 23.5 Å². The molecule has 1 atom stereocenters. The van der Waals surface area contributed by atoms with Gasteiger partial charge in [-0.2, -0.15) is 4.98 Å². The number of rotatable bonds is 3. The minimum absolute atomic E-state index is 0.0786. The van der Waals surface area contributed by atoms with Crippen molar-refractivity contribution in [1.82, 2.24) is 14.8 Å². The largest absolute Gasteiger partial charge is 0.459 e. The highest BCUT2D eigenvalue weighted by Gasteiger charge is 2.37. The number of carbonyl (C=O) groups is 2. The molecule has 0 radical (unpaired) electrons. The summed E-state index contributed by atoms with van der Waals surface area (Å²) in [7, 11) is 0. The summed E-state index contributed by atoms with van der Waals surface area (Å²) in [5.74, 6) is 0.286. The van der Waals surface area contributed by atoms with Crippen LogP contribution in [0.1, 0.15) is 23.4 Å². The summed E-state index contributed by atoms with van der Waals surface area (Å²) in [6.07, 6.45) is 3.20. The number of para-hydroxylation sites is 2. The molecule has 8 heteroatoms. The number of benzene rings is 1. The lowest BCUT2D eigenvalue weighted by atomic mass is 10.1. The Labute approximate surface area is 167 Å². The molecule has 4 heterocycles. The van der Waals surface area contributed by atoms with E-state index in [0.717, 1.165) is 30.5 Å². The molecule has 2 fully saturated rings. The van der Waals surface area contributed by atoms with Crippen LogP contribution in [-0.4, -0.2) is 65.4 Å². The first kappa shape index (κ1) is 17.8. The Morgan fingerprint density at radius 1 is 0.966 bits per heavy atom. The Morgan fingerprint density at radius 3 is 2.52 bits per heavy atom. The second-order valence-electron chi connectivity index (χ2n) is 7.41. The summed E-state index contributed by atoms with van der Waals surface area (Å²) in [6, 6.07) is 11.2. The first-order chi connectivity index (χ1) is 14.2. The van der Waals surface area contributed by atoms with Crippen LogP contribution in [0.5, 0.6) is 0 Å². The van der Waals surface area contributed by atoms with Crippen LogP contribution in [0.15, 0.2) is 51.5 Å². The SMILES string of the molecule is O=C(c1ccco1)N1CCN(C(=O)[C@H]2CCCN2c2nc3ccccc3o2)CC1. The third-order valence-corrected chi connectivity index (χ3v) is 5.68. The van der Waals surface area contributed by atoms with Crippen LogP contribution in [0.25, 0.3) is 11.1 Å². The van der Waals surface area contributed by atoms with Crippen molar-refractivity contribution < 1.29 is 18.4 Å². The van der Waals surface area contributed by atoms with Gasteiger partial charge >= 0.3 is 0 Å². The molecular formula is C21H22N4O4. The number of carbonyl (C=O) groups excluding carboxylic acids is 2. The minimum atomic E-state index is -0.268. The molecule has 3 aromatic rings. The molecule has 0 unspecified atom stereocenters. The van der Waals surface area contributed by atoms with E-state index in [-0.39, 0.29) is 17.9 Å². The Kier molecular flexibility index (Phi) is 4.46. The minimum Gasteiger partial charge on any atom is -0.459 e. The zero-order valence-electron chi connectivity index (χ0n) is 16.0. The Balaban J connectivity index is 1.26. The average Bonchev–Trinajstić information content (AvgIpc) is 3.52. The lowest BCUT2D eigenvalue weighted by molar-refractivity contribution is -0.133. The number of aromatic nitrogens is 1. The van der Waals surface area contributed by atoms with Crippen LogP contribution < -0.4 is 4.90 Å². The second kappa shape index (κ2) is 7.27. The monoisotopic (exact) mass is 394 g/mol. The smallest absolute Gasteiger partial charge is 0.299 e. The molecule has 8 nitrogen and oxygen atoms in total. The molecular weight excluding hydrogens is 372 g/mol. The number of fused-ring (bicyclic) bond motifs is 1. The summed E-state index contributed by atoms with van der Waals surface area (Å²) in [5.41, 5.74) is 1.52. The molecule has 1 aromatic carbocycles. The number of nitrogens with zero attached hydrogens (tertiary/aromatic N) is 4. The van der Waals surface area contributed by atoms with Crippen molar-refractivity contribution in [2.24, 2.45) is 0 Å². The first-order valence-corrected chi connectivity index (χ1v) is 9.94. The molecule has 2 saturated heterocycles. The third-order valence-electron chi connectivity index (χ3n) is 5.68. The number of furan rings is 1. The quantitative estimate of drug-likeness (QED) is 0.678. The summed E-state index contributed by atoms with van der Waals surface area (Å²) in [5, 5.41) is 0. The maximum Gasteiger partial charge on any atom is 0.299 e. The Hall–Kier alpha value is -3.29. The highest BCUT2D eigenvalue weighted by Crippen LogP contribution is 2.29. The molecule has 0 N–H and O–H groups in total. The molecule has 29 heavy (non-hydrogen) atoms. The topological polar surface area (TPSA) is 83.0 Å². The number of hydrogen-bond donors (Lipinski definition) is 0. The van der Waals surface area contributed by atoms with Gasteiger partial charge in [-0.3, -0.25) is 9.59 Å². The molecule has 0 spiro atoms. The van der Waals surface area contributed by atoms with Gasteiger partial charge in [-0.15, -0.1) is 0 Å². The molecule has 0 aliphatic carbocycles. The molecule has 2 aromatic heterocycles.